The Kier molecular flexibility index (Phi) is 4.52. The molecule has 1 N–H and O–H groups in total. The van der Waals surface area contributed by atoms with E-state index in [-0.39, 0.29) is 5.91 Å². The van der Waals surface area contributed by atoms with Gasteiger partial charge in [0, 0.05) is 12.1 Å². The number of nitrogens with zero attached hydrogens (tertiary/aromatic N) is 1. The van der Waals surface area contributed by atoms with Crippen molar-refractivity contribution in [3.8, 4) is 6.07 Å². The number of amides is 1. The van der Waals surface area contributed by atoms with Crippen molar-refractivity contribution in [2.45, 2.75) is 19.9 Å². The first-order valence-corrected chi connectivity index (χ1v) is 6.48. The molecule has 100 valence electrons. The highest BCUT2D eigenvalue weighted by molar-refractivity contribution is 5.94. The summed E-state index contributed by atoms with van der Waals surface area (Å²) in [6, 6.07) is 17.3. The van der Waals surface area contributed by atoms with Crippen LogP contribution in [0.3, 0.4) is 0 Å². The summed E-state index contributed by atoms with van der Waals surface area (Å²) in [6.07, 6.45) is 0.319. The molecule has 0 radical (unpaired) electrons. The topological polar surface area (TPSA) is 52.9 Å². The number of carbonyl (C=O) groups is 1. The number of hydrogen-bond acceptors (Lipinski definition) is 2. The second-order valence-electron chi connectivity index (χ2n) is 4.70. The highest BCUT2D eigenvalue weighted by Crippen LogP contribution is 2.07. The van der Waals surface area contributed by atoms with Gasteiger partial charge in [-0.05, 0) is 30.2 Å². The molecule has 0 aliphatic heterocycles. The van der Waals surface area contributed by atoms with Crippen LogP contribution in [-0.2, 0) is 13.0 Å². The van der Waals surface area contributed by atoms with Crippen LogP contribution in [0.2, 0.25) is 0 Å². The SMILES string of the molecule is Cc1ccc(CNC(=O)c2cccc(CC#N)c2)cc1. The number of nitrogens with one attached hydrogen (secondary N) is 1. The first kappa shape index (κ1) is 13.8. The van der Waals surface area contributed by atoms with E-state index < -0.39 is 0 Å². The molecule has 2 aromatic rings. The van der Waals surface area contributed by atoms with Crippen LogP contribution in [0.5, 0.6) is 0 Å². The van der Waals surface area contributed by atoms with Gasteiger partial charge in [0.25, 0.3) is 5.91 Å². The normalized spacial score (nSPS) is 9.80. The lowest BCUT2D eigenvalue weighted by Gasteiger charge is -2.06. The molecular weight excluding hydrogens is 248 g/mol. The van der Waals surface area contributed by atoms with Gasteiger partial charge in [0.2, 0.25) is 0 Å². The standard InChI is InChI=1S/C17H16N2O/c1-13-5-7-15(8-6-13)12-19-17(20)16-4-2-3-14(11-16)9-10-18/h2-8,11H,9,12H2,1H3,(H,19,20). The van der Waals surface area contributed by atoms with E-state index in [1.165, 1.54) is 5.56 Å². The van der Waals surface area contributed by atoms with Crippen LogP contribution in [0.15, 0.2) is 48.5 Å². The summed E-state index contributed by atoms with van der Waals surface area (Å²) in [4.78, 5) is 12.0. The fraction of sp³-hybridized carbons (Fsp3) is 0.176. The number of carbonyl (C=O) groups excluding carboxylic acids is 1. The third-order valence-corrected chi connectivity index (χ3v) is 3.05. The molecule has 0 aromatic heterocycles. The lowest BCUT2D eigenvalue weighted by Crippen LogP contribution is -2.22. The minimum atomic E-state index is -0.120. The predicted molar refractivity (Wildman–Crippen MR) is 78.1 cm³/mol. The second kappa shape index (κ2) is 6.53. The average molecular weight is 264 g/mol. The van der Waals surface area contributed by atoms with Gasteiger partial charge < -0.3 is 5.32 Å². The maximum absolute atomic E-state index is 12.0. The predicted octanol–water partition coefficient (Wildman–Crippen LogP) is 2.99. The van der Waals surface area contributed by atoms with Crippen LogP contribution in [-0.4, -0.2) is 5.91 Å². The van der Waals surface area contributed by atoms with E-state index in [2.05, 4.69) is 11.4 Å². The molecule has 0 bridgehead atoms. The molecule has 0 aliphatic carbocycles. The van der Waals surface area contributed by atoms with E-state index in [0.29, 0.717) is 18.5 Å². The average Bonchev–Trinajstić information content (AvgIpc) is 2.47. The summed E-state index contributed by atoms with van der Waals surface area (Å²) in [6.45, 7) is 2.53. The van der Waals surface area contributed by atoms with E-state index in [4.69, 9.17) is 5.26 Å². The highest BCUT2D eigenvalue weighted by atomic mass is 16.1. The molecule has 0 saturated heterocycles. The van der Waals surface area contributed by atoms with Gasteiger partial charge in [0.05, 0.1) is 12.5 Å². The van der Waals surface area contributed by atoms with Gasteiger partial charge in [0.15, 0.2) is 0 Å². The van der Waals surface area contributed by atoms with Crippen molar-refractivity contribution in [2.24, 2.45) is 0 Å². The fourth-order valence-electron chi connectivity index (χ4n) is 1.90. The van der Waals surface area contributed by atoms with Crippen molar-refractivity contribution in [1.82, 2.24) is 5.32 Å². The Balaban J connectivity index is 1.99. The molecule has 0 aliphatic rings. The van der Waals surface area contributed by atoms with Crippen LogP contribution in [0.1, 0.15) is 27.0 Å². The molecule has 3 heteroatoms. The Morgan fingerprint density at radius 1 is 1.15 bits per heavy atom. The Morgan fingerprint density at radius 3 is 2.60 bits per heavy atom. The van der Waals surface area contributed by atoms with Crippen molar-refractivity contribution in [3.05, 3.63) is 70.8 Å². The van der Waals surface area contributed by atoms with Crippen LogP contribution >= 0.6 is 0 Å². The molecule has 3 nitrogen and oxygen atoms in total. The Morgan fingerprint density at radius 2 is 1.90 bits per heavy atom. The highest BCUT2D eigenvalue weighted by Gasteiger charge is 2.05. The zero-order valence-electron chi connectivity index (χ0n) is 11.4. The molecule has 0 spiro atoms. The largest absolute Gasteiger partial charge is 0.348 e. The molecule has 0 saturated carbocycles. The van der Waals surface area contributed by atoms with Gasteiger partial charge in [-0.3, -0.25) is 4.79 Å². The number of nitriles is 1. The van der Waals surface area contributed by atoms with E-state index in [1.54, 1.807) is 18.2 Å². The first-order chi connectivity index (χ1) is 9.69. The molecule has 20 heavy (non-hydrogen) atoms. The Hall–Kier alpha value is -2.60. The summed E-state index contributed by atoms with van der Waals surface area (Å²) in [5.74, 6) is -0.120. The zero-order valence-corrected chi connectivity index (χ0v) is 11.4. The van der Waals surface area contributed by atoms with E-state index >= 15 is 0 Å². The van der Waals surface area contributed by atoms with Gasteiger partial charge >= 0.3 is 0 Å². The maximum Gasteiger partial charge on any atom is 0.251 e. The Bertz CT molecular complexity index is 639. The molecule has 0 heterocycles. The van der Waals surface area contributed by atoms with Crippen LogP contribution in [0.4, 0.5) is 0 Å². The number of benzene rings is 2. The summed E-state index contributed by atoms with van der Waals surface area (Å²) < 4.78 is 0. The lowest BCUT2D eigenvalue weighted by atomic mass is 10.1. The van der Waals surface area contributed by atoms with Crippen molar-refractivity contribution in [1.29, 1.82) is 5.26 Å². The number of aryl methyl sites for hydroxylation is 1. The van der Waals surface area contributed by atoms with Crippen molar-refractivity contribution in [2.75, 3.05) is 0 Å². The minimum absolute atomic E-state index is 0.120. The third-order valence-electron chi connectivity index (χ3n) is 3.05. The van der Waals surface area contributed by atoms with Crippen molar-refractivity contribution >= 4 is 5.91 Å². The van der Waals surface area contributed by atoms with Gasteiger partial charge in [-0.1, -0.05) is 42.0 Å². The Labute approximate surface area is 118 Å². The molecule has 2 rings (SSSR count). The summed E-state index contributed by atoms with van der Waals surface area (Å²) in [5.41, 5.74) is 3.71. The maximum atomic E-state index is 12.0. The smallest absolute Gasteiger partial charge is 0.251 e. The first-order valence-electron chi connectivity index (χ1n) is 6.48. The molecule has 0 unspecified atom stereocenters. The van der Waals surface area contributed by atoms with Gasteiger partial charge in [-0.2, -0.15) is 5.26 Å². The fourth-order valence-corrected chi connectivity index (χ4v) is 1.90. The van der Waals surface area contributed by atoms with Crippen LogP contribution < -0.4 is 5.32 Å². The monoisotopic (exact) mass is 264 g/mol. The second-order valence-corrected chi connectivity index (χ2v) is 4.70. The molecule has 0 atom stereocenters. The van der Waals surface area contributed by atoms with Crippen molar-refractivity contribution < 1.29 is 4.79 Å². The lowest BCUT2D eigenvalue weighted by molar-refractivity contribution is 0.0951. The summed E-state index contributed by atoms with van der Waals surface area (Å²) >= 11 is 0. The minimum Gasteiger partial charge on any atom is -0.348 e. The molecule has 0 fully saturated rings. The number of rotatable bonds is 4. The van der Waals surface area contributed by atoms with E-state index in [9.17, 15) is 4.79 Å². The quantitative estimate of drug-likeness (QED) is 0.923. The van der Waals surface area contributed by atoms with E-state index in [1.807, 2.05) is 37.3 Å². The van der Waals surface area contributed by atoms with Gasteiger partial charge in [-0.25, -0.2) is 0 Å². The van der Waals surface area contributed by atoms with Gasteiger partial charge in [0.1, 0.15) is 0 Å². The van der Waals surface area contributed by atoms with Crippen molar-refractivity contribution in [3.63, 3.8) is 0 Å². The molecular formula is C17H16N2O. The van der Waals surface area contributed by atoms with Gasteiger partial charge in [-0.15, -0.1) is 0 Å². The zero-order chi connectivity index (χ0) is 14.4. The molecule has 2 aromatic carbocycles. The van der Waals surface area contributed by atoms with E-state index in [0.717, 1.165) is 11.1 Å². The van der Waals surface area contributed by atoms with Crippen LogP contribution in [0.25, 0.3) is 0 Å². The summed E-state index contributed by atoms with van der Waals surface area (Å²) in [5, 5.41) is 11.6. The number of hydrogen-bond donors (Lipinski definition) is 1. The third kappa shape index (κ3) is 3.69. The summed E-state index contributed by atoms with van der Waals surface area (Å²) in [7, 11) is 0. The molecule has 1 amide bonds. The van der Waals surface area contributed by atoms with Crippen LogP contribution in [0, 0.1) is 18.3 Å².